The summed E-state index contributed by atoms with van der Waals surface area (Å²) in [7, 11) is 0. The summed E-state index contributed by atoms with van der Waals surface area (Å²) in [5.74, 6) is 0. The predicted octanol–water partition coefficient (Wildman–Crippen LogP) is 1.41. The van der Waals surface area contributed by atoms with Gasteiger partial charge in [-0.05, 0) is 17.5 Å². The third-order valence-electron chi connectivity index (χ3n) is 0.655. The van der Waals surface area contributed by atoms with Crippen LogP contribution in [0.2, 0.25) is 0 Å². The molecule has 0 aliphatic heterocycles. The number of rotatable bonds is 2. The summed E-state index contributed by atoms with van der Waals surface area (Å²) < 4.78 is 18.4. The number of hydrogen-bond acceptors (Lipinski definition) is 2. The predicted molar refractivity (Wildman–Crippen MR) is 33.6 cm³/mol. The van der Waals surface area contributed by atoms with Crippen molar-refractivity contribution in [2.24, 2.45) is 0 Å². The Morgan fingerprint density at radius 2 is 2.12 bits per heavy atom. The van der Waals surface area contributed by atoms with Crippen LogP contribution >= 0.6 is 23.2 Å². The molecule has 0 saturated carbocycles. The second-order valence-electron chi connectivity index (χ2n) is 1.23. The van der Waals surface area contributed by atoms with Gasteiger partial charge in [0.2, 0.25) is 0 Å². The van der Waals surface area contributed by atoms with Crippen LogP contribution in [0.1, 0.15) is 13.3 Å². The molecule has 0 N–H and O–H groups in total. The van der Waals surface area contributed by atoms with E-state index in [2.05, 4.69) is 0 Å². The van der Waals surface area contributed by atoms with Crippen molar-refractivity contribution in [1.82, 2.24) is 0 Å². The minimum absolute atomic E-state index is 0.201. The highest BCUT2D eigenvalue weighted by Crippen LogP contribution is 2.27. The molecule has 1 atom stereocenters. The zero-order valence-corrected chi connectivity index (χ0v) is 6.52. The summed E-state index contributed by atoms with van der Waals surface area (Å²) in [6, 6.07) is 0. The molecule has 0 aromatic carbocycles. The molecule has 0 aliphatic carbocycles. The number of halogens is 2. The van der Waals surface area contributed by atoms with E-state index in [0.29, 0.717) is 0 Å². The van der Waals surface area contributed by atoms with Gasteiger partial charge in [-0.2, -0.15) is 0 Å². The van der Waals surface area contributed by atoms with Crippen molar-refractivity contribution in [2.75, 3.05) is 0 Å². The van der Waals surface area contributed by atoms with Crippen molar-refractivity contribution in [1.29, 1.82) is 0 Å². The Morgan fingerprint density at radius 1 is 1.75 bits per heavy atom. The first-order valence-corrected chi connectivity index (χ1v) is 3.81. The Balaban J connectivity index is 3.91. The number of hydrogen-bond donors (Lipinski definition) is 0. The van der Waals surface area contributed by atoms with Crippen LogP contribution < -0.4 is 0 Å². The Labute approximate surface area is 60.5 Å². The van der Waals surface area contributed by atoms with E-state index < -0.39 is 14.7 Å². The Morgan fingerprint density at radius 3 is 2.12 bits per heavy atom. The van der Waals surface area contributed by atoms with Crippen LogP contribution in [0.25, 0.3) is 0 Å². The lowest BCUT2D eigenvalue weighted by molar-refractivity contribution is 0.527. The average Bonchev–Trinajstić information content (AvgIpc) is 1.67. The first-order chi connectivity index (χ1) is 3.50. The molecule has 0 heterocycles. The lowest BCUT2D eigenvalue weighted by Crippen LogP contribution is -2.17. The van der Waals surface area contributed by atoms with Crippen molar-refractivity contribution in [2.45, 2.75) is 17.0 Å². The van der Waals surface area contributed by atoms with Gasteiger partial charge in [-0.25, -0.2) is 0 Å². The first-order valence-electron chi connectivity index (χ1n) is 1.98. The van der Waals surface area contributed by atoms with Gasteiger partial charge in [0.25, 0.3) is 0 Å². The van der Waals surface area contributed by atoms with Gasteiger partial charge in [-0.3, -0.25) is 4.21 Å². The standard InChI is InChI=1S/C3H6Cl2O2S/c1-2-3(4,5)8(6)7/h2H2,1H3,(H,6,7)/p-1. The maximum Gasteiger partial charge on any atom is 0.178 e. The van der Waals surface area contributed by atoms with E-state index in [1.807, 2.05) is 0 Å². The van der Waals surface area contributed by atoms with Crippen molar-refractivity contribution in [3.8, 4) is 0 Å². The molecule has 0 aliphatic rings. The van der Waals surface area contributed by atoms with Crippen LogP contribution in [0.5, 0.6) is 0 Å². The third kappa shape index (κ3) is 2.31. The van der Waals surface area contributed by atoms with Gasteiger partial charge in [0.05, 0.1) is 0 Å². The van der Waals surface area contributed by atoms with Crippen LogP contribution in [0.15, 0.2) is 0 Å². The van der Waals surface area contributed by atoms with Crippen LogP contribution in [0, 0.1) is 0 Å². The molecular formula is C3H5Cl2O2S-. The van der Waals surface area contributed by atoms with E-state index >= 15 is 0 Å². The maximum absolute atomic E-state index is 9.99. The summed E-state index contributed by atoms with van der Waals surface area (Å²) in [6.07, 6.45) is 0.201. The van der Waals surface area contributed by atoms with Crippen molar-refractivity contribution < 1.29 is 8.76 Å². The van der Waals surface area contributed by atoms with E-state index in [-0.39, 0.29) is 6.42 Å². The van der Waals surface area contributed by atoms with Crippen molar-refractivity contribution in [3.63, 3.8) is 0 Å². The van der Waals surface area contributed by atoms with E-state index in [1.54, 1.807) is 6.92 Å². The topological polar surface area (TPSA) is 40.1 Å². The molecule has 5 heteroatoms. The minimum Gasteiger partial charge on any atom is -0.770 e. The second-order valence-corrected chi connectivity index (χ2v) is 4.32. The Kier molecular flexibility index (Phi) is 3.27. The summed E-state index contributed by atoms with van der Waals surface area (Å²) in [5, 5.41) is 0. The normalized spacial score (nSPS) is 16.0. The molecular weight excluding hydrogens is 171 g/mol. The highest BCUT2D eigenvalue weighted by Gasteiger charge is 2.21. The summed E-state index contributed by atoms with van der Waals surface area (Å²) >= 11 is 8.02. The summed E-state index contributed by atoms with van der Waals surface area (Å²) in [4.78, 5) is 0. The molecule has 0 radical (unpaired) electrons. The van der Waals surface area contributed by atoms with E-state index in [4.69, 9.17) is 23.2 Å². The van der Waals surface area contributed by atoms with Crippen LogP contribution in [-0.4, -0.2) is 12.4 Å². The second kappa shape index (κ2) is 3.01. The van der Waals surface area contributed by atoms with Gasteiger partial charge < -0.3 is 4.55 Å². The Hall–Kier alpha value is 0.690. The zero-order chi connectivity index (χ0) is 6.78. The van der Waals surface area contributed by atoms with Crippen molar-refractivity contribution >= 4 is 34.3 Å². The van der Waals surface area contributed by atoms with Crippen molar-refractivity contribution in [3.05, 3.63) is 0 Å². The summed E-state index contributed by atoms with van der Waals surface area (Å²) in [5.41, 5.74) is 0. The molecule has 0 rings (SSSR count). The molecule has 0 aromatic rings. The molecule has 50 valence electrons. The molecule has 0 fully saturated rings. The largest absolute Gasteiger partial charge is 0.770 e. The highest BCUT2D eigenvalue weighted by molar-refractivity contribution is 7.83. The Bertz CT molecular complexity index is 103. The van der Waals surface area contributed by atoms with Crippen LogP contribution in [-0.2, 0) is 11.1 Å². The molecule has 0 aromatic heterocycles. The number of alkyl halides is 2. The lowest BCUT2D eigenvalue weighted by Gasteiger charge is -2.19. The third-order valence-corrected chi connectivity index (χ3v) is 2.72. The molecule has 1 unspecified atom stereocenters. The van der Waals surface area contributed by atoms with Crippen LogP contribution in [0.3, 0.4) is 0 Å². The quantitative estimate of drug-likeness (QED) is 0.471. The summed E-state index contributed by atoms with van der Waals surface area (Å²) in [6.45, 7) is 1.59. The van der Waals surface area contributed by atoms with E-state index in [0.717, 1.165) is 0 Å². The monoisotopic (exact) mass is 175 g/mol. The van der Waals surface area contributed by atoms with Gasteiger partial charge in [-0.15, -0.1) is 0 Å². The van der Waals surface area contributed by atoms with Gasteiger partial charge >= 0.3 is 0 Å². The van der Waals surface area contributed by atoms with Crippen LogP contribution in [0.4, 0.5) is 0 Å². The zero-order valence-electron chi connectivity index (χ0n) is 4.19. The molecule has 2 nitrogen and oxygen atoms in total. The van der Waals surface area contributed by atoms with Gasteiger partial charge in [0.15, 0.2) is 3.67 Å². The molecule has 0 saturated heterocycles. The fraction of sp³-hybridized carbons (Fsp3) is 1.00. The van der Waals surface area contributed by atoms with Gasteiger partial charge in [0, 0.05) is 0 Å². The fourth-order valence-electron chi connectivity index (χ4n) is 0.118. The molecule has 0 amide bonds. The lowest BCUT2D eigenvalue weighted by atomic mass is 10.6. The molecule has 0 spiro atoms. The smallest absolute Gasteiger partial charge is 0.178 e. The average molecular weight is 176 g/mol. The highest BCUT2D eigenvalue weighted by atomic mass is 35.5. The SMILES string of the molecule is CCC(Cl)(Cl)S(=O)[O-]. The fourth-order valence-corrected chi connectivity index (χ4v) is 0.354. The van der Waals surface area contributed by atoms with E-state index in [9.17, 15) is 8.76 Å². The van der Waals surface area contributed by atoms with Gasteiger partial charge in [0.1, 0.15) is 0 Å². The molecule has 8 heavy (non-hydrogen) atoms. The first kappa shape index (κ1) is 8.69. The van der Waals surface area contributed by atoms with E-state index in [1.165, 1.54) is 0 Å². The minimum atomic E-state index is -2.40. The maximum atomic E-state index is 9.99. The molecule has 0 bridgehead atoms. The van der Waals surface area contributed by atoms with Gasteiger partial charge in [-0.1, -0.05) is 30.1 Å².